The van der Waals surface area contributed by atoms with Crippen LogP contribution in [0.4, 0.5) is 0 Å². The van der Waals surface area contributed by atoms with Gasteiger partial charge in [0.15, 0.2) is 0 Å². The normalized spacial score (nSPS) is 15.9. The molecule has 1 heterocycles. The molecule has 1 atom stereocenters. The molecule has 0 bridgehead atoms. The van der Waals surface area contributed by atoms with Gasteiger partial charge in [0.25, 0.3) is 11.8 Å². The lowest BCUT2D eigenvalue weighted by Crippen LogP contribution is -2.42. The van der Waals surface area contributed by atoms with Crippen molar-refractivity contribution < 1.29 is 19.2 Å². The molecule has 0 fully saturated rings. The molecule has 0 saturated carbocycles. The van der Waals surface area contributed by atoms with Crippen LogP contribution in [0.5, 0.6) is 0 Å². The van der Waals surface area contributed by atoms with Crippen LogP contribution in [0, 0.1) is 0 Å². The van der Waals surface area contributed by atoms with Crippen LogP contribution in [-0.2, 0) is 19.2 Å². The molecule has 7 nitrogen and oxygen atoms in total. The molecule has 1 aliphatic rings. The van der Waals surface area contributed by atoms with E-state index in [0.717, 1.165) is 4.90 Å². The molecule has 4 amide bonds. The van der Waals surface area contributed by atoms with E-state index in [4.69, 9.17) is 5.73 Å². The van der Waals surface area contributed by atoms with Crippen molar-refractivity contribution in [1.82, 2.24) is 10.2 Å². The van der Waals surface area contributed by atoms with Crippen LogP contribution in [0.25, 0.3) is 0 Å². The van der Waals surface area contributed by atoms with Gasteiger partial charge in [-0.3, -0.25) is 24.1 Å². The molecule has 0 spiro atoms. The van der Waals surface area contributed by atoms with Crippen molar-refractivity contribution in [2.45, 2.75) is 25.8 Å². The summed E-state index contributed by atoms with van der Waals surface area (Å²) in [5.41, 5.74) is 4.99. The maximum absolute atomic E-state index is 11.4. The Hall–Kier alpha value is -2.18. The summed E-state index contributed by atoms with van der Waals surface area (Å²) in [6.07, 6.45) is 2.85. The van der Waals surface area contributed by atoms with E-state index in [0.29, 0.717) is 6.42 Å². The fourth-order valence-corrected chi connectivity index (χ4v) is 1.43. The molecule has 0 aromatic carbocycles. The van der Waals surface area contributed by atoms with E-state index in [1.165, 1.54) is 19.1 Å². The van der Waals surface area contributed by atoms with Gasteiger partial charge in [-0.2, -0.15) is 0 Å². The Morgan fingerprint density at radius 3 is 2.39 bits per heavy atom. The SMILES string of the molecule is CC(NC(=O)CCCN1C(=O)C=CC1=O)C(N)=O. The molecule has 0 radical (unpaired) electrons. The smallest absolute Gasteiger partial charge is 0.253 e. The van der Waals surface area contributed by atoms with Gasteiger partial charge in [-0.1, -0.05) is 0 Å². The highest BCUT2D eigenvalue weighted by molar-refractivity contribution is 6.12. The Morgan fingerprint density at radius 2 is 1.89 bits per heavy atom. The molecule has 0 aromatic heterocycles. The number of carbonyl (C=O) groups is 4. The summed E-state index contributed by atoms with van der Waals surface area (Å²) in [6.45, 7) is 1.67. The van der Waals surface area contributed by atoms with Crippen LogP contribution in [0.3, 0.4) is 0 Å². The number of hydrogen-bond donors (Lipinski definition) is 2. The molecular weight excluding hydrogens is 238 g/mol. The van der Waals surface area contributed by atoms with E-state index in [1.54, 1.807) is 0 Å². The summed E-state index contributed by atoms with van der Waals surface area (Å²) < 4.78 is 0. The first kappa shape index (κ1) is 13.9. The second-order valence-corrected chi connectivity index (χ2v) is 3.96. The molecular formula is C11H15N3O4. The second kappa shape index (κ2) is 5.95. The summed E-state index contributed by atoms with van der Waals surface area (Å²) in [5, 5.41) is 2.41. The third-order valence-electron chi connectivity index (χ3n) is 2.49. The minimum atomic E-state index is -0.728. The van der Waals surface area contributed by atoms with Gasteiger partial charge >= 0.3 is 0 Å². The van der Waals surface area contributed by atoms with Crippen molar-refractivity contribution in [3.63, 3.8) is 0 Å². The Labute approximate surface area is 104 Å². The van der Waals surface area contributed by atoms with E-state index in [-0.39, 0.29) is 30.7 Å². The largest absolute Gasteiger partial charge is 0.368 e. The molecule has 1 unspecified atom stereocenters. The second-order valence-electron chi connectivity index (χ2n) is 3.96. The van der Waals surface area contributed by atoms with Crippen molar-refractivity contribution in [1.29, 1.82) is 0 Å². The molecule has 98 valence electrons. The summed E-state index contributed by atoms with van der Waals surface area (Å²) in [7, 11) is 0. The predicted molar refractivity (Wildman–Crippen MR) is 61.9 cm³/mol. The Kier molecular flexibility index (Phi) is 4.59. The molecule has 1 rings (SSSR count). The van der Waals surface area contributed by atoms with Crippen molar-refractivity contribution in [3.05, 3.63) is 12.2 Å². The van der Waals surface area contributed by atoms with Crippen molar-refractivity contribution in [2.75, 3.05) is 6.54 Å². The number of carbonyl (C=O) groups excluding carboxylic acids is 4. The zero-order valence-electron chi connectivity index (χ0n) is 10.0. The summed E-state index contributed by atoms with van der Waals surface area (Å²) in [6, 6.07) is -0.728. The highest BCUT2D eigenvalue weighted by atomic mass is 16.2. The Bertz CT molecular complexity index is 399. The number of primary amides is 1. The van der Waals surface area contributed by atoms with Gasteiger partial charge in [0.1, 0.15) is 6.04 Å². The van der Waals surface area contributed by atoms with Gasteiger partial charge in [-0.05, 0) is 13.3 Å². The first-order chi connectivity index (χ1) is 8.41. The van der Waals surface area contributed by atoms with E-state index >= 15 is 0 Å². The number of hydrogen-bond acceptors (Lipinski definition) is 4. The molecule has 0 aromatic rings. The zero-order chi connectivity index (χ0) is 13.7. The van der Waals surface area contributed by atoms with Crippen LogP contribution >= 0.6 is 0 Å². The van der Waals surface area contributed by atoms with E-state index in [9.17, 15) is 19.2 Å². The maximum atomic E-state index is 11.4. The third-order valence-corrected chi connectivity index (χ3v) is 2.49. The molecule has 18 heavy (non-hydrogen) atoms. The predicted octanol–water partition coefficient (Wildman–Crippen LogP) is -1.32. The number of nitrogens with zero attached hydrogens (tertiary/aromatic N) is 1. The van der Waals surface area contributed by atoms with Crippen LogP contribution in [0.2, 0.25) is 0 Å². The standard InChI is InChI=1S/C11H15N3O4/c1-7(11(12)18)13-8(15)3-2-6-14-9(16)4-5-10(14)17/h4-5,7H,2-3,6H2,1H3,(H2,12,18)(H,13,15). The monoisotopic (exact) mass is 253 g/mol. The minimum Gasteiger partial charge on any atom is -0.368 e. The topological polar surface area (TPSA) is 110 Å². The molecule has 0 aliphatic carbocycles. The summed E-state index contributed by atoms with van der Waals surface area (Å²) >= 11 is 0. The molecule has 3 N–H and O–H groups in total. The van der Waals surface area contributed by atoms with Crippen molar-refractivity contribution in [3.8, 4) is 0 Å². The van der Waals surface area contributed by atoms with E-state index in [2.05, 4.69) is 5.32 Å². The van der Waals surface area contributed by atoms with Gasteiger partial charge < -0.3 is 11.1 Å². The molecule has 1 aliphatic heterocycles. The fraction of sp³-hybridized carbons (Fsp3) is 0.455. The Morgan fingerprint density at radius 1 is 1.33 bits per heavy atom. The lowest BCUT2D eigenvalue weighted by Gasteiger charge is -2.14. The summed E-state index contributed by atoms with van der Waals surface area (Å²) in [5.74, 6) is -1.69. The quantitative estimate of drug-likeness (QED) is 0.572. The lowest BCUT2D eigenvalue weighted by atomic mass is 10.2. The first-order valence-electron chi connectivity index (χ1n) is 5.54. The summed E-state index contributed by atoms with van der Waals surface area (Å²) in [4.78, 5) is 45.5. The van der Waals surface area contributed by atoms with Gasteiger partial charge in [0.05, 0.1) is 0 Å². The van der Waals surface area contributed by atoms with E-state index < -0.39 is 11.9 Å². The van der Waals surface area contributed by atoms with Crippen molar-refractivity contribution in [2.24, 2.45) is 5.73 Å². The van der Waals surface area contributed by atoms with Crippen LogP contribution in [-0.4, -0.2) is 41.1 Å². The van der Waals surface area contributed by atoms with Gasteiger partial charge in [0, 0.05) is 25.1 Å². The number of nitrogens with two attached hydrogens (primary N) is 1. The fourth-order valence-electron chi connectivity index (χ4n) is 1.43. The maximum Gasteiger partial charge on any atom is 0.253 e. The van der Waals surface area contributed by atoms with E-state index in [1.807, 2.05) is 0 Å². The van der Waals surface area contributed by atoms with Crippen LogP contribution in [0.15, 0.2) is 12.2 Å². The average molecular weight is 253 g/mol. The number of amides is 4. The lowest BCUT2D eigenvalue weighted by molar-refractivity contribution is -0.137. The van der Waals surface area contributed by atoms with Crippen LogP contribution in [0.1, 0.15) is 19.8 Å². The van der Waals surface area contributed by atoms with Gasteiger partial charge in [0.2, 0.25) is 11.8 Å². The Balaban J connectivity index is 2.26. The number of imide groups is 1. The number of nitrogens with one attached hydrogen (secondary N) is 1. The number of rotatable bonds is 6. The third kappa shape index (κ3) is 3.69. The molecule has 7 heteroatoms. The highest BCUT2D eigenvalue weighted by Crippen LogP contribution is 2.05. The van der Waals surface area contributed by atoms with Crippen molar-refractivity contribution >= 4 is 23.6 Å². The van der Waals surface area contributed by atoms with Gasteiger partial charge in [-0.15, -0.1) is 0 Å². The zero-order valence-corrected chi connectivity index (χ0v) is 10.0. The van der Waals surface area contributed by atoms with Crippen LogP contribution < -0.4 is 11.1 Å². The highest BCUT2D eigenvalue weighted by Gasteiger charge is 2.22. The average Bonchev–Trinajstić information content (AvgIpc) is 2.60. The molecule has 0 saturated heterocycles. The first-order valence-corrected chi connectivity index (χ1v) is 5.54. The minimum absolute atomic E-state index is 0.120. The van der Waals surface area contributed by atoms with Gasteiger partial charge in [-0.25, -0.2) is 0 Å².